The van der Waals surface area contributed by atoms with Crippen molar-refractivity contribution in [3.8, 4) is 11.5 Å². The number of carbonyl (C=O) groups is 2. The number of ether oxygens (including phenoxy) is 4. The summed E-state index contributed by atoms with van der Waals surface area (Å²) in [6.07, 6.45) is 10.2. The van der Waals surface area contributed by atoms with Gasteiger partial charge in [-0.15, -0.1) is 0 Å². The number of hydrogen-bond acceptors (Lipinski definition) is 6. The lowest BCUT2D eigenvalue weighted by atomic mass is 10.1. The van der Waals surface area contributed by atoms with Crippen molar-refractivity contribution < 1.29 is 28.5 Å². The van der Waals surface area contributed by atoms with Gasteiger partial charge in [0, 0.05) is 6.61 Å². The average molecular weight is 499 g/mol. The summed E-state index contributed by atoms with van der Waals surface area (Å²) in [5.74, 6) is 0.187. The van der Waals surface area contributed by atoms with Gasteiger partial charge >= 0.3 is 11.9 Å². The number of unbranched alkanes of at least 4 members (excludes halogenated alkanes) is 7. The van der Waals surface area contributed by atoms with E-state index >= 15 is 0 Å². The highest BCUT2D eigenvalue weighted by molar-refractivity contribution is 5.92. The summed E-state index contributed by atoms with van der Waals surface area (Å²) in [5, 5.41) is 0. The summed E-state index contributed by atoms with van der Waals surface area (Å²) in [6, 6.07) is 13.3. The fraction of sp³-hybridized carbons (Fsp3) is 0.533. The van der Waals surface area contributed by atoms with Crippen LogP contribution in [0, 0.1) is 0 Å². The highest BCUT2D eigenvalue weighted by Crippen LogP contribution is 2.18. The second-order valence-electron chi connectivity index (χ2n) is 9.05. The minimum atomic E-state index is -0.471. The Kier molecular flexibility index (Phi) is 14.3. The third kappa shape index (κ3) is 11.7. The fourth-order valence-corrected chi connectivity index (χ4v) is 3.57. The van der Waals surface area contributed by atoms with E-state index in [0.29, 0.717) is 36.7 Å². The topological polar surface area (TPSA) is 71.1 Å². The second-order valence-corrected chi connectivity index (χ2v) is 9.05. The fourth-order valence-electron chi connectivity index (χ4n) is 3.57. The van der Waals surface area contributed by atoms with Crippen LogP contribution in [0.5, 0.6) is 11.5 Å². The summed E-state index contributed by atoms with van der Waals surface area (Å²) in [6.45, 7) is 7.88. The molecule has 0 spiro atoms. The number of rotatable bonds is 18. The van der Waals surface area contributed by atoms with Gasteiger partial charge in [0.25, 0.3) is 0 Å². The van der Waals surface area contributed by atoms with E-state index < -0.39 is 11.9 Å². The Morgan fingerprint density at radius 2 is 1.19 bits per heavy atom. The van der Waals surface area contributed by atoms with Crippen molar-refractivity contribution in [1.82, 2.24) is 0 Å². The highest BCUT2D eigenvalue weighted by atomic mass is 16.6. The minimum absolute atomic E-state index is 0.339. The van der Waals surface area contributed by atoms with E-state index in [-0.39, 0.29) is 6.10 Å². The van der Waals surface area contributed by atoms with Crippen LogP contribution in [0.4, 0.5) is 0 Å². The Balaban J connectivity index is 1.72. The van der Waals surface area contributed by atoms with Gasteiger partial charge in [0.1, 0.15) is 17.6 Å². The predicted molar refractivity (Wildman–Crippen MR) is 142 cm³/mol. The maximum absolute atomic E-state index is 12.5. The molecular formula is C30H42O6. The first-order chi connectivity index (χ1) is 17.5. The van der Waals surface area contributed by atoms with Crippen LogP contribution in [-0.4, -0.2) is 37.9 Å². The predicted octanol–water partition coefficient (Wildman–Crippen LogP) is 7.40. The molecule has 2 rings (SSSR count). The van der Waals surface area contributed by atoms with Crippen LogP contribution in [0.25, 0.3) is 0 Å². The van der Waals surface area contributed by atoms with Crippen molar-refractivity contribution >= 4 is 11.9 Å². The Bertz CT molecular complexity index is 875. The molecule has 0 unspecified atom stereocenters. The van der Waals surface area contributed by atoms with Crippen molar-refractivity contribution in [2.75, 3.05) is 19.8 Å². The molecule has 2 aromatic carbocycles. The number of esters is 2. The molecule has 0 radical (unpaired) electrons. The van der Waals surface area contributed by atoms with Gasteiger partial charge in [0.15, 0.2) is 0 Å². The second kappa shape index (κ2) is 17.6. The normalized spacial score (nSPS) is 11.6. The quantitative estimate of drug-likeness (QED) is 0.121. The van der Waals surface area contributed by atoms with Crippen LogP contribution in [0.2, 0.25) is 0 Å². The Labute approximate surface area is 216 Å². The van der Waals surface area contributed by atoms with Gasteiger partial charge in [0.2, 0.25) is 0 Å². The Morgan fingerprint density at radius 1 is 0.667 bits per heavy atom. The largest absolute Gasteiger partial charge is 0.494 e. The molecule has 0 heterocycles. The maximum atomic E-state index is 12.5. The maximum Gasteiger partial charge on any atom is 0.343 e. The molecule has 0 aliphatic carbocycles. The molecule has 0 N–H and O–H groups in total. The zero-order valence-corrected chi connectivity index (χ0v) is 22.1. The first kappa shape index (κ1) is 29.4. The number of carbonyl (C=O) groups excluding carboxylic acids is 2. The average Bonchev–Trinajstić information content (AvgIpc) is 2.88. The standard InChI is InChI=1S/C30H42O6/c1-4-6-8-9-10-12-22-34-27-17-13-26(14-18-27)30(32)36-28-19-15-25(16-20-28)29(31)35-24(3)23-33-21-11-7-5-2/h13-20,24H,4-12,21-23H2,1-3H3/t24-/m0/s1. The summed E-state index contributed by atoms with van der Waals surface area (Å²) in [4.78, 5) is 24.8. The number of benzene rings is 2. The van der Waals surface area contributed by atoms with Crippen molar-refractivity contribution in [2.45, 2.75) is 84.7 Å². The molecule has 1 atom stereocenters. The van der Waals surface area contributed by atoms with Crippen LogP contribution in [-0.2, 0) is 9.47 Å². The molecule has 0 saturated heterocycles. The van der Waals surface area contributed by atoms with Gasteiger partial charge in [-0.2, -0.15) is 0 Å². The SMILES string of the molecule is CCCCCCCCOc1ccc(C(=O)Oc2ccc(C(=O)O[C@@H](C)COCCCCC)cc2)cc1. The van der Waals surface area contributed by atoms with Crippen molar-refractivity contribution in [2.24, 2.45) is 0 Å². The smallest absolute Gasteiger partial charge is 0.343 e. The molecule has 36 heavy (non-hydrogen) atoms. The molecule has 6 nitrogen and oxygen atoms in total. The van der Waals surface area contributed by atoms with E-state index in [2.05, 4.69) is 13.8 Å². The Hall–Kier alpha value is -2.86. The van der Waals surface area contributed by atoms with E-state index in [1.165, 1.54) is 32.1 Å². The van der Waals surface area contributed by atoms with Crippen LogP contribution in [0.15, 0.2) is 48.5 Å². The van der Waals surface area contributed by atoms with Gasteiger partial charge in [-0.25, -0.2) is 9.59 Å². The molecule has 0 aliphatic rings. The van der Waals surface area contributed by atoms with E-state index in [1.54, 1.807) is 55.5 Å². The van der Waals surface area contributed by atoms with E-state index in [9.17, 15) is 9.59 Å². The van der Waals surface area contributed by atoms with E-state index in [1.807, 2.05) is 0 Å². The summed E-state index contributed by atoms with van der Waals surface area (Å²) in [5.41, 5.74) is 0.817. The lowest BCUT2D eigenvalue weighted by Gasteiger charge is -2.14. The van der Waals surface area contributed by atoms with E-state index in [4.69, 9.17) is 18.9 Å². The monoisotopic (exact) mass is 498 g/mol. The molecule has 0 aliphatic heterocycles. The first-order valence-corrected chi connectivity index (χ1v) is 13.4. The minimum Gasteiger partial charge on any atom is -0.494 e. The molecule has 0 fully saturated rings. The van der Waals surface area contributed by atoms with Crippen LogP contribution in [0.3, 0.4) is 0 Å². The summed E-state index contributed by atoms with van der Waals surface area (Å²) >= 11 is 0. The molecule has 0 amide bonds. The van der Waals surface area contributed by atoms with Gasteiger partial charge in [-0.3, -0.25) is 0 Å². The van der Waals surface area contributed by atoms with Gasteiger partial charge in [0.05, 0.1) is 24.3 Å². The summed E-state index contributed by atoms with van der Waals surface area (Å²) < 4.78 is 22.2. The van der Waals surface area contributed by atoms with Crippen molar-refractivity contribution in [3.63, 3.8) is 0 Å². The molecule has 0 saturated carbocycles. The molecule has 0 aromatic heterocycles. The van der Waals surface area contributed by atoms with Crippen molar-refractivity contribution in [3.05, 3.63) is 59.7 Å². The molecular weight excluding hydrogens is 456 g/mol. The third-order valence-electron chi connectivity index (χ3n) is 5.71. The zero-order chi connectivity index (χ0) is 26.0. The summed E-state index contributed by atoms with van der Waals surface area (Å²) in [7, 11) is 0. The first-order valence-electron chi connectivity index (χ1n) is 13.4. The van der Waals surface area contributed by atoms with Gasteiger partial charge < -0.3 is 18.9 Å². The highest BCUT2D eigenvalue weighted by Gasteiger charge is 2.14. The molecule has 2 aromatic rings. The number of hydrogen-bond donors (Lipinski definition) is 0. The van der Waals surface area contributed by atoms with Crippen LogP contribution < -0.4 is 9.47 Å². The molecule has 0 bridgehead atoms. The molecule has 198 valence electrons. The Morgan fingerprint density at radius 3 is 1.86 bits per heavy atom. The van der Waals surface area contributed by atoms with Crippen molar-refractivity contribution in [1.29, 1.82) is 0 Å². The van der Waals surface area contributed by atoms with Crippen LogP contribution in [0.1, 0.15) is 99.3 Å². The van der Waals surface area contributed by atoms with Crippen LogP contribution >= 0.6 is 0 Å². The third-order valence-corrected chi connectivity index (χ3v) is 5.71. The van der Waals surface area contributed by atoms with Gasteiger partial charge in [-0.1, -0.05) is 58.8 Å². The lowest BCUT2D eigenvalue weighted by Crippen LogP contribution is -2.20. The lowest BCUT2D eigenvalue weighted by molar-refractivity contribution is 0.00156. The van der Waals surface area contributed by atoms with Gasteiger partial charge in [-0.05, 0) is 68.3 Å². The molecule has 6 heteroatoms. The van der Waals surface area contributed by atoms with E-state index in [0.717, 1.165) is 31.4 Å². The zero-order valence-electron chi connectivity index (χ0n) is 22.1.